The maximum atomic E-state index is 13.2. The van der Waals surface area contributed by atoms with E-state index in [1.807, 2.05) is 61.5 Å². The van der Waals surface area contributed by atoms with Gasteiger partial charge in [-0.3, -0.25) is 0 Å². The Balaban J connectivity index is 1.80. The summed E-state index contributed by atoms with van der Waals surface area (Å²) in [7, 11) is 3.94. The largest absolute Gasteiger partial charge is 0.461 e. The predicted molar refractivity (Wildman–Crippen MR) is 108 cm³/mol. The smallest absolute Gasteiger partial charge is 0.343 e. The molecule has 0 bridgehead atoms. The zero-order chi connectivity index (χ0) is 20.1. The number of hydrogen-bond donors (Lipinski definition) is 1. The van der Waals surface area contributed by atoms with Gasteiger partial charge in [0.25, 0.3) is 0 Å². The zero-order valence-electron chi connectivity index (χ0n) is 17.1. The van der Waals surface area contributed by atoms with Crippen molar-refractivity contribution in [2.75, 3.05) is 14.1 Å². The Bertz CT molecular complexity index is 764. The van der Waals surface area contributed by atoms with Crippen LogP contribution >= 0.6 is 0 Å². The molecule has 1 heterocycles. The van der Waals surface area contributed by atoms with Crippen molar-refractivity contribution in [1.82, 2.24) is 4.90 Å². The van der Waals surface area contributed by atoms with Crippen molar-refractivity contribution in [3.05, 3.63) is 59.5 Å². The molecule has 5 heteroatoms. The Morgan fingerprint density at radius 2 is 1.86 bits per heavy atom. The molecule has 0 amide bonds. The van der Waals surface area contributed by atoms with Crippen molar-refractivity contribution in [3.8, 4) is 0 Å². The average Bonchev–Trinajstić information content (AvgIpc) is 3.16. The molecule has 0 spiro atoms. The third-order valence-corrected chi connectivity index (χ3v) is 5.56. The van der Waals surface area contributed by atoms with E-state index in [9.17, 15) is 9.90 Å². The molecule has 1 fully saturated rings. The molecule has 3 rings (SSSR count). The number of hydrogen-bond acceptors (Lipinski definition) is 5. The first-order valence-electron chi connectivity index (χ1n) is 10.1. The highest BCUT2D eigenvalue weighted by atomic mass is 16.6. The number of furan rings is 1. The number of benzene rings is 1. The summed E-state index contributed by atoms with van der Waals surface area (Å²) in [4.78, 5) is 15.2. The zero-order valence-corrected chi connectivity index (χ0v) is 17.1. The number of carbonyl (C=O) groups is 1. The Morgan fingerprint density at radius 3 is 2.50 bits per heavy atom. The molecule has 0 radical (unpaired) electrons. The highest BCUT2D eigenvalue weighted by Gasteiger charge is 2.47. The molecule has 1 aliphatic carbocycles. The van der Waals surface area contributed by atoms with Crippen LogP contribution in [0, 0.1) is 5.92 Å². The summed E-state index contributed by atoms with van der Waals surface area (Å²) in [5.74, 6) is 0.672. The fourth-order valence-corrected chi connectivity index (χ4v) is 4.05. The van der Waals surface area contributed by atoms with E-state index < -0.39 is 17.7 Å². The monoisotopic (exact) mass is 385 g/mol. The van der Waals surface area contributed by atoms with Crippen molar-refractivity contribution >= 4 is 5.97 Å². The van der Waals surface area contributed by atoms with Crippen LogP contribution in [0.15, 0.2) is 46.9 Å². The summed E-state index contributed by atoms with van der Waals surface area (Å²) in [6.45, 7) is 2.46. The summed E-state index contributed by atoms with van der Waals surface area (Å²) >= 11 is 0. The van der Waals surface area contributed by atoms with Gasteiger partial charge in [-0.05, 0) is 51.6 Å². The van der Waals surface area contributed by atoms with E-state index in [4.69, 9.17) is 9.15 Å². The molecule has 28 heavy (non-hydrogen) atoms. The second kappa shape index (κ2) is 8.93. The van der Waals surface area contributed by atoms with Crippen LogP contribution in [0.1, 0.15) is 62.2 Å². The summed E-state index contributed by atoms with van der Waals surface area (Å²) in [6, 6.07) is 12.9. The van der Waals surface area contributed by atoms with Crippen LogP contribution in [0.5, 0.6) is 0 Å². The Morgan fingerprint density at radius 1 is 1.18 bits per heavy atom. The summed E-state index contributed by atoms with van der Waals surface area (Å²) in [6.07, 6.45) is 4.27. The molecule has 2 aromatic rings. The van der Waals surface area contributed by atoms with Gasteiger partial charge in [0, 0.05) is 5.92 Å². The van der Waals surface area contributed by atoms with Gasteiger partial charge in [-0.15, -0.1) is 0 Å². The van der Waals surface area contributed by atoms with Gasteiger partial charge >= 0.3 is 5.97 Å². The van der Waals surface area contributed by atoms with Gasteiger partial charge < -0.3 is 19.2 Å². The summed E-state index contributed by atoms with van der Waals surface area (Å²) in [5, 5.41) is 11.6. The number of rotatable bonds is 7. The molecule has 2 unspecified atom stereocenters. The maximum absolute atomic E-state index is 13.2. The molecule has 0 saturated heterocycles. The van der Waals surface area contributed by atoms with Gasteiger partial charge in [0.15, 0.2) is 11.7 Å². The fraction of sp³-hybridized carbons (Fsp3) is 0.522. The number of ether oxygens (including phenoxy) is 1. The van der Waals surface area contributed by atoms with Crippen molar-refractivity contribution in [2.45, 2.75) is 57.3 Å². The topological polar surface area (TPSA) is 62.9 Å². The first-order valence-corrected chi connectivity index (χ1v) is 10.1. The highest BCUT2D eigenvalue weighted by Crippen LogP contribution is 2.41. The van der Waals surface area contributed by atoms with Crippen LogP contribution in [0.2, 0.25) is 0 Å². The lowest BCUT2D eigenvalue weighted by atomic mass is 9.73. The minimum atomic E-state index is -1.63. The molecule has 1 aromatic carbocycles. The Hall–Kier alpha value is -2.11. The van der Waals surface area contributed by atoms with E-state index >= 15 is 0 Å². The quantitative estimate of drug-likeness (QED) is 0.715. The molecular formula is C23H31NO4. The lowest BCUT2D eigenvalue weighted by Crippen LogP contribution is -2.45. The molecule has 5 nitrogen and oxygen atoms in total. The minimum Gasteiger partial charge on any atom is -0.461 e. The van der Waals surface area contributed by atoms with Gasteiger partial charge in [-0.2, -0.15) is 0 Å². The van der Waals surface area contributed by atoms with Crippen molar-refractivity contribution < 1.29 is 19.1 Å². The van der Waals surface area contributed by atoms with E-state index in [0.717, 1.165) is 37.9 Å². The van der Waals surface area contributed by atoms with Crippen molar-refractivity contribution in [3.63, 3.8) is 0 Å². The molecule has 2 atom stereocenters. The number of carbonyl (C=O) groups excluding carboxylic acids is 1. The van der Waals surface area contributed by atoms with Crippen LogP contribution in [-0.4, -0.2) is 30.1 Å². The Labute approximate surface area is 167 Å². The van der Waals surface area contributed by atoms with Gasteiger partial charge in [0.05, 0.1) is 6.54 Å². The van der Waals surface area contributed by atoms with Crippen LogP contribution < -0.4 is 0 Å². The molecule has 1 aromatic heterocycles. The van der Waals surface area contributed by atoms with E-state index in [2.05, 4.69) is 0 Å². The van der Waals surface area contributed by atoms with Crippen molar-refractivity contribution in [2.24, 2.45) is 5.92 Å². The number of aliphatic hydroxyl groups is 1. The molecule has 0 aliphatic heterocycles. The van der Waals surface area contributed by atoms with Crippen molar-refractivity contribution in [1.29, 1.82) is 0 Å². The van der Waals surface area contributed by atoms with Crippen LogP contribution in [-0.2, 0) is 21.7 Å². The fourth-order valence-electron chi connectivity index (χ4n) is 4.05. The first-order chi connectivity index (χ1) is 13.4. The summed E-state index contributed by atoms with van der Waals surface area (Å²) in [5.41, 5.74) is -1.03. The molecular weight excluding hydrogens is 354 g/mol. The predicted octanol–water partition coefficient (Wildman–Crippen LogP) is 4.41. The highest BCUT2D eigenvalue weighted by molar-refractivity contribution is 5.81. The minimum absolute atomic E-state index is 0.135. The van der Waals surface area contributed by atoms with Gasteiger partial charge in [0.2, 0.25) is 0 Å². The third kappa shape index (κ3) is 4.47. The lowest BCUT2D eigenvalue weighted by Gasteiger charge is -2.37. The van der Waals surface area contributed by atoms with E-state index in [1.54, 1.807) is 6.92 Å². The lowest BCUT2D eigenvalue weighted by molar-refractivity contribution is -0.181. The normalized spacial score (nSPS) is 18.6. The number of nitrogens with zero attached hydrogens (tertiary/aromatic N) is 1. The second-order valence-corrected chi connectivity index (χ2v) is 8.06. The second-order valence-electron chi connectivity index (χ2n) is 8.06. The molecule has 1 saturated carbocycles. The van der Waals surface area contributed by atoms with Crippen LogP contribution in [0.4, 0.5) is 0 Å². The summed E-state index contributed by atoms with van der Waals surface area (Å²) < 4.78 is 11.6. The van der Waals surface area contributed by atoms with Gasteiger partial charge in [0.1, 0.15) is 11.5 Å². The van der Waals surface area contributed by atoms with Crippen LogP contribution in [0.3, 0.4) is 0 Å². The average molecular weight is 386 g/mol. The standard InChI is InChI=1S/C23H31NO4/c1-17(21-15-14-20(28-21)16-24(2)3)27-22(25)23(26,18-10-6-4-7-11-18)19-12-8-5-9-13-19/h4,6-7,10-11,14-15,17,19,26H,5,8-9,12-13,16H2,1-3H3. The van der Waals surface area contributed by atoms with Gasteiger partial charge in [-0.1, -0.05) is 49.6 Å². The molecule has 1 aliphatic rings. The van der Waals surface area contributed by atoms with Gasteiger partial charge in [-0.25, -0.2) is 4.79 Å². The van der Waals surface area contributed by atoms with E-state index in [-0.39, 0.29) is 5.92 Å². The SMILES string of the molecule is CC(OC(=O)C(O)(c1ccccc1)C1CCCCC1)c1ccc(CN(C)C)o1. The number of esters is 1. The molecule has 152 valence electrons. The van der Waals surface area contributed by atoms with E-state index in [1.165, 1.54) is 0 Å². The Kier molecular flexibility index (Phi) is 6.57. The first kappa shape index (κ1) is 20.6. The van der Waals surface area contributed by atoms with E-state index in [0.29, 0.717) is 17.9 Å². The van der Waals surface area contributed by atoms with Crippen LogP contribution in [0.25, 0.3) is 0 Å². The third-order valence-electron chi connectivity index (χ3n) is 5.56. The molecule has 1 N–H and O–H groups in total. The maximum Gasteiger partial charge on any atom is 0.343 e.